The Kier molecular flexibility index (Phi) is 4.65. The molecule has 29 heavy (non-hydrogen) atoms. The van der Waals surface area contributed by atoms with Crippen molar-refractivity contribution in [3.8, 4) is 0 Å². The molecule has 160 valence electrons. The molecular weight excluding hydrogens is 371 g/mol. The third-order valence-corrected chi connectivity index (χ3v) is 9.34. The minimum Gasteiger partial charge on any atom is -0.391 e. The molecular formula is C23H33FN2O3. The minimum atomic E-state index is -1.34. The van der Waals surface area contributed by atoms with Crippen LogP contribution in [0.3, 0.4) is 0 Å². The Balaban J connectivity index is 1.36. The first-order valence-electron chi connectivity index (χ1n) is 11.5. The van der Waals surface area contributed by atoms with E-state index in [0.717, 1.165) is 50.9 Å². The number of oxime groups is 1. The fourth-order valence-corrected chi connectivity index (χ4v) is 7.55. The lowest BCUT2D eigenvalue weighted by Gasteiger charge is -2.58. The van der Waals surface area contributed by atoms with E-state index in [9.17, 15) is 14.0 Å². The predicted octanol–water partition coefficient (Wildman–Crippen LogP) is 3.46. The Morgan fingerprint density at radius 1 is 1.14 bits per heavy atom. The van der Waals surface area contributed by atoms with Gasteiger partial charge in [-0.05, 0) is 68.2 Å². The molecule has 1 N–H and O–H groups in total. The zero-order valence-corrected chi connectivity index (χ0v) is 17.6. The highest BCUT2D eigenvalue weighted by Crippen LogP contribution is 2.64. The lowest BCUT2D eigenvalue weighted by atomic mass is 9.45. The predicted molar refractivity (Wildman–Crippen MR) is 107 cm³/mol. The number of hydrogen-bond donors (Lipinski definition) is 1. The molecule has 0 bridgehead atoms. The molecule has 5 nitrogen and oxygen atoms in total. The number of nitrogens with one attached hydrogen (secondary N) is 1. The van der Waals surface area contributed by atoms with Crippen molar-refractivity contribution in [3.63, 3.8) is 0 Å². The molecule has 8 unspecified atom stereocenters. The number of ketones is 2. The Labute approximate surface area is 172 Å². The van der Waals surface area contributed by atoms with Gasteiger partial charge in [-0.3, -0.25) is 9.59 Å². The van der Waals surface area contributed by atoms with Gasteiger partial charge in [-0.1, -0.05) is 19.0 Å². The quantitative estimate of drug-likeness (QED) is 0.716. The fraction of sp³-hybridized carbons (Fsp3) is 0.870. The normalized spacial score (nSPS) is 50.9. The van der Waals surface area contributed by atoms with Crippen molar-refractivity contribution in [1.29, 1.82) is 0 Å². The van der Waals surface area contributed by atoms with Gasteiger partial charge >= 0.3 is 0 Å². The van der Waals surface area contributed by atoms with Crippen LogP contribution in [0.1, 0.15) is 65.2 Å². The Bertz CT molecular complexity index is 748. The lowest BCUT2D eigenvalue weighted by Crippen LogP contribution is -2.56. The van der Waals surface area contributed by atoms with Crippen molar-refractivity contribution < 1.29 is 18.8 Å². The topological polar surface area (TPSA) is 67.8 Å². The summed E-state index contributed by atoms with van der Waals surface area (Å²) in [4.78, 5) is 31.5. The van der Waals surface area contributed by atoms with Crippen LogP contribution >= 0.6 is 0 Å². The molecule has 5 fully saturated rings. The second kappa shape index (κ2) is 6.86. The van der Waals surface area contributed by atoms with Gasteiger partial charge < -0.3 is 10.2 Å². The number of fused-ring (bicyclic) bond motifs is 5. The maximum atomic E-state index is 14.3. The molecule has 0 spiro atoms. The van der Waals surface area contributed by atoms with Crippen LogP contribution in [-0.2, 0) is 14.4 Å². The smallest absolute Gasteiger partial charge is 0.173 e. The summed E-state index contributed by atoms with van der Waals surface area (Å²) in [5.41, 5.74) is 0.396. The van der Waals surface area contributed by atoms with Gasteiger partial charge in [0.1, 0.15) is 11.9 Å². The number of carbonyl (C=O) groups excluding carboxylic acids is 2. The molecule has 1 saturated heterocycles. The first-order valence-corrected chi connectivity index (χ1v) is 11.5. The van der Waals surface area contributed by atoms with Crippen LogP contribution in [0, 0.1) is 34.5 Å². The van der Waals surface area contributed by atoms with Gasteiger partial charge in [0.15, 0.2) is 12.0 Å². The largest absolute Gasteiger partial charge is 0.391 e. The fourth-order valence-electron chi connectivity index (χ4n) is 7.55. The summed E-state index contributed by atoms with van der Waals surface area (Å²) in [6.07, 6.45) is 4.83. The molecule has 1 heterocycles. The standard InChI is InChI=1S/C23H33FN2O3/c1-22-6-3-13(26-29-14-5-8-25-12-14)9-18(22)20(27)10-15-16(22)4-7-23(2)17(15)11-19(24)21(23)28/h14-19,25H,3-12H2,1-2H3. The van der Waals surface area contributed by atoms with Crippen molar-refractivity contribution in [2.75, 3.05) is 13.1 Å². The third kappa shape index (κ3) is 2.92. The summed E-state index contributed by atoms with van der Waals surface area (Å²) in [6, 6.07) is 0. The minimum absolute atomic E-state index is 0.0100. The first-order chi connectivity index (χ1) is 13.8. The first kappa shape index (κ1) is 19.7. The van der Waals surface area contributed by atoms with Gasteiger partial charge in [0.05, 0.1) is 5.71 Å². The number of carbonyl (C=O) groups is 2. The second-order valence-corrected chi connectivity index (χ2v) is 10.7. The SMILES string of the molecule is CC12CCC3C(CC(=O)C4CC(=NOC5CCNC5)CCC43C)C1CC(F)C2=O. The number of nitrogens with zero attached hydrogens (tertiary/aromatic N) is 1. The average molecular weight is 405 g/mol. The zero-order chi connectivity index (χ0) is 20.4. The van der Waals surface area contributed by atoms with Crippen molar-refractivity contribution in [1.82, 2.24) is 5.32 Å². The van der Waals surface area contributed by atoms with Gasteiger partial charge in [0.25, 0.3) is 0 Å². The summed E-state index contributed by atoms with van der Waals surface area (Å²) >= 11 is 0. The summed E-state index contributed by atoms with van der Waals surface area (Å²) in [5.74, 6) is 0.664. The Morgan fingerprint density at radius 3 is 2.72 bits per heavy atom. The van der Waals surface area contributed by atoms with Crippen molar-refractivity contribution in [2.45, 2.75) is 77.5 Å². The van der Waals surface area contributed by atoms with E-state index in [0.29, 0.717) is 31.0 Å². The summed E-state index contributed by atoms with van der Waals surface area (Å²) < 4.78 is 14.3. The van der Waals surface area contributed by atoms with Crippen LogP contribution in [0.25, 0.3) is 0 Å². The maximum absolute atomic E-state index is 14.3. The van der Waals surface area contributed by atoms with E-state index in [4.69, 9.17) is 4.84 Å². The zero-order valence-electron chi connectivity index (χ0n) is 17.6. The van der Waals surface area contributed by atoms with Crippen molar-refractivity contribution in [2.24, 2.45) is 39.7 Å². The molecule has 0 aromatic heterocycles. The van der Waals surface area contributed by atoms with Crippen LogP contribution in [0.2, 0.25) is 0 Å². The molecule has 0 radical (unpaired) electrons. The van der Waals surface area contributed by atoms with E-state index < -0.39 is 11.6 Å². The average Bonchev–Trinajstić information content (AvgIpc) is 3.29. The van der Waals surface area contributed by atoms with Gasteiger partial charge in [0, 0.05) is 30.7 Å². The summed E-state index contributed by atoms with van der Waals surface area (Å²) in [6.45, 7) is 6.04. The molecule has 6 heteroatoms. The number of rotatable bonds is 2. The van der Waals surface area contributed by atoms with Crippen LogP contribution in [0.15, 0.2) is 5.16 Å². The van der Waals surface area contributed by atoms with Crippen LogP contribution < -0.4 is 5.32 Å². The summed E-state index contributed by atoms with van der Waals surface area (Å²) in [7, 11) is 0. The maximum Gasteiger partial charge on any atom is 0.173 e. The number of Topliss-reactive ketones (excluding diaryl/α,β-unsaturated/α-hetero) is 2. The highest BCUT2D eigenvalue weighted by molar-refractivity contribution is 5.94. The summed E-state index contributed by atoms with van der Waals surface area (Å²) in [5, 5.41) is 7.72. The Morgan fingerprint density at radius 2 is 1.97 bits per heavy atom. The second-order valence-electron chi connectivity index (χ2n) is 10.7. The van der Waals surface area contributed by atoms with Crippen LogP contribution in [0.4, 0.5) is 4.39 Å². The van der Waals surface area contributed by atoms with E-state index in [1.54, 1.807) is 0 Å². The molecule has 0 aromatic carbocycles. The van der Waals surface area contributed by atoms with Gasteiger partial charge in [-0.15, -0.1) is 0 Å². The monoisotopic (exact) mass is 404 g/mol. The van der Waals surface area contributed by atoms with E-state index in [1.807, 2.05) is 6.92 Å². The van der Waals surface area contributed by atoms with Gasteiger partial charge in [-0.2, -0.15) is 0 Å². The molecule has 0 aromatic rings. The Hall–Kier alpha value is -1.30. The molecule has 8 atom stereocenters. The number of hydrogen-bond acceptors (Lipinski definition) is 5. The van der Waals surface area contributed by atoms with Gasteiger partial charge in [-0.25, -0.2) is 4.39 Å². The van der Waals surface area contributed by atoms with E-state index in [2.05, 4.69) is 17.4 Å². The van der Waals surface area contributed by atoms with Crippen molar-refractivity contribution >= 4 is 17.3 Å². The molecule has 4 aliphatic carbocycles. The van der Waals surface area contributed by atoms with Crippen LogP contribution in [0.5, 0.6) is 0 Å². The molecule has 5 aliphatic rings. The number of halogens is 1. The van der Waals surface area contributed by atoms with E-state index in [1.165, 1.54) is 0 Å². The highest BCUT2D eigenvalue weighted by Gasteiger charge is 2.64. The molecule has 1 aliphatic heterocycles. The van der Waals surface area contributed by atoms with E-state index in [-0.39, 0.29) is 35.1 Å². The van der Waals surface area contributed by atoms with Crippen molar-refractivity contribution in [3.05, 3.63) is 0 Å². The molecule has 5 rings (SSSR count). The number of alkyl halides is 1. The van der Waals surface area contributed by atoms with Crippen LogP contribution in [-0.4, -0.2) is 42.6 Å². The highest BCUT2D eigenvalue weighted by atomic mass is 19.1. The lowest BCUT2D eigenvalue weighted by molar-refractivity contribution is -0.152. The van der Waals surface area contributed by atoms with Gasteiger partial charge in [0.2, 0.25) is 0 Å². The third-order valence-electron chi connectivity index (χ3n) is 9.34. The molecule has 0 amide bonds. The molecule has 4 saturated carbocycles. The van der Waals surface area contributed by atoms with E-state index >= 15 is 0 Å².